The molecule has 3 heterocycles. The van der Waals surface area contributed by atoms with Gasteiger partial charge in [-0.05, 0) is 29.3 Å². The molecule has 0 radical (unpaired) electrons. The van der Waals surface area contributed by atoms with Gasteiger partial charge in [-0.25, -0.2) is 4.98 Å². The quantitative estimate of drug-likeness (QED) is 0.217. The van der Waals surface area contributed by atoms with Crippen molar-refractivity contribution in [2.45, 2.75) is 19.7 Å². The van der Waals surface area contributed by atoms with Gasteiger partial charge in [0, 0.05) is 32.1 Å². The van der Waals surface area contributed by atoms with Crippen LogP contribution in [0.5, 0.6) is 5.88 Å². The summed E-state index contributed by atoms with van der Waals surface area (Å²) in [6.07, 6.45) is 3.69. The largest absolute Gasteiger partial charge is 0.473 e. The summed E-state index contributed by atoms with van der Waals surface area (Å²) in [4.78, 5) is 8.56. The van der Waals surface area contributed by atoms with Crippen molar-refractivity contribution in [2.24, 2.45) is 4.99 Å². The van der Waals surface area contributed by atoms with Crippen molar-refractivity contribution >= 4 is 35.6 Å². The zero-order valence-corrected chi connectivity index (χ0v) is 19.4. The lowest BCUT2D eigenvalue weighted by molar-refractivity contribution is 0.293. The third-order valence-corrected chi connectivity index (χ3v) is 4.51. The molecule has 8 nitrogen and oxygen atoms in total. The summed E-state index contributed by atoms with van der Waals surface area (Å²) < 4.78 is 7.74. The Balaban J connectivity index is 0.00000272. The van der Waals surface area contributed by atoms with Crippen LogP contribution < -0.4 is 15.4 Å². The molecule has 9 heteroatoms. The van der Waals surface area contributed by atoms with Crippen LogP contribution in [0.15, 0.2) is 78.0 Å². The van der Waals surface area contributed by atoms with Gasteiger partial charge in [0.25, 0.3) is 0 Å². The van der Waals surface area contributed by atoms with Crippen molar-refractivity contribution in [3.63, 3.8) is 0 Å². The first-order valence-electron chi connectivity index (χ1n) is 9.66. The van der Waals surface area contributed by atoms with Gasteiger partial charge < -0.3 is 15.4 Å². The molecule has 0 saturated carbocycles. The molecule has 1 aromatic carbocycles. The summed E-state index contributed by atoms with van der Waals surface area (Å²) in [5.41, 5.74) is 2.97. The van der Waals surface area contributed by atoms with E-state index in [1.54, 1.807) is 13.2 Å². The standard InChI is InChI=1S/C22H23N7O.HI/c1-23-22(26-15-20-28-27-19-9-5-6-12-29(19)20)25-14-18-10-11-24-21(13-18)30-16-17-7-3-2-4-8-17;/h2-13H,14-16H2,1H3,(H2,23,25,26);1H. The number of benzene rings is 1. The first-order valence-corrected chi connectivity index (χ1v) is 9.66. The average Bonchev–Trinajstić information content (AvgIpc) is 3.22. The SMILES string of the molecule is CN=C(NCc1ccnc(OCc2ccccc2)c1)NCc1nnc2ccccn12.I. The monoisotopic (exact) mass is 529 g/mol. The Kier molecular flexibility index (Phi) is 8.16. The fraction of sp³-hybridized carbons (Fsp3) is 0.182. The molecule has 0 aliphatic rings. The Bertz CT molecular complexity index is 1130. The van der Waals surface area contributed by atoms with Crippen LogP contribution in [0.4, 0.5) is 0 Å². The summed E-state index contributed by atoms with van der Waals surface area (Å²) >= 11 is 0. The van der Waals surface area contributed by atoms with Crippen molar-refractivity contribution in [3.05, 3.63) is 90.0 Å². The van der Waals surface area contributed by atoms with Crippen LogP contribution in [0.1, 0.15) is 17.0 Å². The van der Waals surface area contributed by atoms with E-state index >= 15 is 0 Å². The minimum absolute atomic E-state index is 0. The third kappa shape index (κ3) is 6.14. The highest BCUT2D eigenvalue weighted by molar-refractivity contribution is 14.0. The predicted molar refractivity (Wildman–Crippen MR) is 130 cm³/mol. The van der Waals surface area contributed by atoms with Gasteiger partial charge in [0.15, 0.2) is 17.4 Å². The zero-order chi connectivity index (χ0) is 20.6. The van der Waals surface area contributed by atoms with Crippen LogP contribution in [0.25, 0.3) is 5.65 Å². The van der Waals surface area contributed by atoms with E-state index in [4.69, 9.17) is 4.74 Å². The van der Waals surface area contributed by atoms with Crippen molar-refractivity contribution in [1.82, 2.24) is 30.2 Å². The van der Waals surface area contributed by atoms with Crippen LogP contribution >= 0.6 is 24.0 Å². The number of nitrogens with one attached hydrogen (secondary N) is 2. The first kappa shape index (κ1) is 22.5. The molecule has 0 bridgehead atoms. The molecular weight excluding hydrogens is 505 g/mol. The van der Waals surface area contributed by atoms with Gasteiger partial charge in [-0.1, -0.05) is 36.4 Å². The molecule has 0 saturated heterocycles. The molecule has 0 unspecified atom stereocenters. The molecule has 0 spiro atoms. The van der Waals surface area contributed by atoms with Crippen LogP contribution in [0, 0.1) is 0 Å². The number of ether oxygens (including phenoxy) is 1. The Morgan fingerprint density at radius 3 is 2.61 bits per heavy atom. The lowest BCUT2D eigenvalue weighted by Crippen LogP contribution is -2.36. The molecule has 160 valence electrons. The fourth-order valence-electron chi connectivity index (χ4n) is 2.95. The highest BCUT2D eigenvalue weighted by Gasteiger charge is 2.06. The number of fused-ring (bicyclic) bond motifs is 1. The average molecular weight is 529 g/mol. The van der Waals surface area contributed by atoms with Gasteiger partial charge in [0.2, 0.25) is 5.88 Å². The lowest BCUT2D eigenvalue weighted by atomic mass is 10.2. The number of hydrogen-bond donors (Lipinski definition) is 2. The Morgan fingerprint density at radius 2 is 1.77 bits per heavy atom. The summed E-state index contributed by atoms with van der Waals surface area (Å²) in [6, 6.07) is 19.7. The summed E-state index contributed by atoms with van der Waals surface area (Å²) in [7, 11) is 1.73. The summed E-state index contributed by atoms with van der Waals surface area (Å²) in [5.74, 6) is 2.08. The maximum absolute atomic E-state index is 5.80. The predicted octanol–water partition coefficient (Wildman–Crippen LogP) is 3.19. The second-order valence-electron chi connectivity index (χ2n) is 6.60. The van der Waals surface area contributed by atoms with Gasteiger partial charge in [0.1, 0.15) is 6.61 Å². The molecule has 4 rings (SSSR count). The highest BCUT2D eigenvalue weighted by Crippen LogP contribution is 2.12. The van der Waals surface area contributed by atoms with Crippen molar-refractivity contribution < 1.29 is 4.74 Å². The third-order valence-electron chi connectivity index (χ3n) is 4.51. The molecule has 0 aliphatic heterocycles. The summed E-state index contributed by atoms with van der Waals surface area (Å²) in [6.45, 7) is 1.58. The maximum atomic E-state index is 5.80. The Hall–Kier alpha value is -3.21. The normalized spacial score (nSPS) is 11.1. The number of aromatic nitrogens is 4. The Morgan fingerprint density at radius 1 is 0.968 bits per heavy atom. The number of rotatable bonds is 7. The van der Waals surface area contributed by atoms with Crippen LogP contribution in [0.2, 0.25) is 0 Å². The number of halogens is 1. The molecule has 0 fully saturated rings. The molecule has 4 aromatic rings. The lowest BCUT2D eigenvalue weighted by Gasteiger charge is -2.12. The van der Waals surface area contributed by atoms with Crippen molar-refractivity contribution in [1.29, 1.82) is 0 Å². The molecule has 0 aliphatic carbocycles. The van der Waals surface area contributed by atoms with E-state index in [2.05, 4.69) is 30.8 Å². The number of aliphatic imine (C=N–C) groups is 1. The maximum Gasteiger partial charge on any atom is 0.213 e. The van der Waals surface area contributed by atoms with Crippen molar-refractivity contribution in [2.75, 3.05) is 7.05 Å². The van der Waals surface area contributed by atoms with Gasteiger partial charge in [-0.15, -0.1) is 34.2 Å². The molecule has 3 aromatic heterocycles. The minimum atomic E-state index is 0. The molecule has 31 heavy (non-hydrogen) atoms. The zero-order valence-electron chi connectivity index (χ0n) is 17.1. The first-order chi connectivity index (χ1) is 14.8. The van der Waals surface area contributed by atoms with E-state index in [-0.39, 0.29) is 24.0 Å². The van der Waals surface area contributed by atoms with Crippen LogP contribution in [-0.4, -0.2) is 32.6 Å². The van der Waals surface area contributed by atoms with E-state index in [9.17, 15) is 0 Å². The minimum Gasteiger partial charge on any atom is -0.473 e. The number of guanidine groups is 1. The van der Waals surface area contributed by atoms with E-state index in [1.165, 1.54) is 0 Å². The number of pyridine rings is 2. The molecular formula is C22H24IN7O. The van der Waals surface area contributed by atoms with E-state index in [0.717, 1.165) is 22.6 Å². The van der Waals surface area contributed by atoms with Crippen LogP contribution in [-0.2, 0) is 19.7 Å². The smallest absolute Gasteiger partial charge is 0.213 e. The van der Waals surface area contributed by atoms with Gasteiger partial charge in [-0.3, -0.25) is 9.39 Å². The van der Waals surface area contributed by atoms with E-state index in [0.29, 0.717) is 31.5 Å². The Labute approximate surface area is 197 Å². The van der Waals surface area contributed by atoms with Gasteiger partial charge >= 0.3 is 0 Å². The van der Waals surface area contributed by atoms with Crippen LogP contribution in [0.3, 0.4) is 0 Å². The summed E-state index contributed by atoms with van der Waals surface area (Å²) in [5, 5.41) is 14.9. The molecule has 2 N–H and O–H groups in total. The molecule has 0 amide bonds. The van der Waals surface area contributed by atoms with Gasteiger partial charge in [-0.2, -0.15) is 0 Å². The van der Waals surface area contributed by atoms with Gasteiger partial charge in [0.05, 0.1) is 6.54 Å². The number of nitrogens with zero attached hydrogens (tertiary/aromatic N) is 5. The second-order valence-corrected chi connectivity index (χ2v) is 6.60. The topological polar surface area (TPSA) is 88.7 Å². The second kappa shape index (κ2) is 11.3. The fourth-order valence-corrected chi connectivity index (χ4v) is 2.95. The van der Waals surface area contributed by atoms with E-state index in [1.807, 2.05) is 71.3 Å². The molecule has 0 atom stereocenters. The highest BCUT2D eigenvalue weighted by atomic mass is 127. The number of hydrogen-bond acceptors (Lipinski definition) is 5. The van der Waals surface area contributed by atoms with Crippen molar-refractivity contribution in [3.8, 4) is 5.88 Å². The van der Waals surface area contributed by atoms with E-state index < -0.39 is 0 Å².